The Labute approximate surface area is 172 Å². The Hall–Kier alpha value is -1.92. The van der Waals surface area contributed by atoms with Crippen LogP contribution in [0.4, 0.5) is 0 Å². The number of fused-ring (bicyclic) bond motifs is 1. The van der Waals surface area contributed by atoms with E-state index in [1.165, 1.54) is 16.0 Å². The first-order chi connectivity index (χ1) is 13.5. The van der Waals surface area contributed by atoms with Gasteiger partial charge >= 0.3 is 0 Å². The highest BCUT2D eigenvalue weighted by Gasteiger charge is 2.28. The molecule has 1 unspecified atom stereocenters. The molecule has 0 spiro atoms. The predicted molar refractivity (Wildman–Crippen MR) is 114 cm³/mol. The Kier molecular flexibility index (Phi) is 6.73. The van der Waals surface area contributed by atoms with E-state index in [-0.39, 0.29) is 11.9 Å². The van der Waals surface area contributed by atoms with Crippen LogP contribution in [-0.2, 0) is 19.5 Å². The lowest BCUT2D eigenvalue weighted by molar-refractivity contribution is 0.0711. The lowest BCUT2D eigenvalue weighted by atomic mass is 10.0. The number of carbonyl (C=O) groups is 1. The van der Waals surface area contributed by atoms with Crippen LogP contribution in [-0.4, -0.2) is 40.0 Å². The molecule has 152 valence electrons. The molecule has 0 saturated carbocycles. The topological polar surface area (TPSA) is 49.6 Å². The quantitative estimate of drug-likeness (QED) is 0.630. The zero-order valence-electron chi connectivity index (χ0n) is 17.6. The van der Waals surface area contributed by atoms with Crippen molar-refractivity contribution >= 4 is 17.2 Å². The normalized spacial score (nSPS) is 15.8. The second kappa shape index (κ2) is 9.05. The number of allylic oxidation sites excluding steroid dienone is 1. The number of hydrogen-bond donors (Lipinski definition) is 0. The number of thiophene rings is 1. The molecule has 2 aromatic heterocycles. The van der Waals surface area contributed by atoms with Gasteiger partial charge in [-0.25, -0.2) is 0 Å². The largest absolute Gasteiger partial charge is 0.361 e. The molecule has 3 rings (SSSR count). The van der Waals surface area contributed by atoms with Crippen molar-refractivity contribution in [3.8, 4) is 0 Å². The van der Waals surface area contributed by atoms with Crippen LogP contribution in [0.3, 0.4) is 0 Å². The molecule has 1 aliphatic rings. The van der Waals surface area contributed by atoms with Gasteiger partial charge in [0.15, 0.2) is 0 Å². The Bertz CT molecular complexity index is 833. The fourth-order valence-corrected chi connectivity index (χ4v) is 4.82. The molecule has 5 nitrogen and oxygen atoms in total. The minimum atomic E-state index is 0.170. The molecular formula is C22H31N3O2S. The molecule has 0 radical (unpaired) electrons. The monoisotopic (exact) mass is 401 g/mol. The maximum atomic E-state index is 13.3. The number of hydrogen-bond acceptors (Lipinski definition) is 5. The molecule has 1 amide bonds. The highest BCUT2D eigenvalue weighted by atomic mass is 32.1. The van der Waals surface area contributed by atoms with E-state index in [4.69, 9.17) is 4.52 Å². The maximum absolute atomic E-state index is 13.3. The van der Waals surface area contributed by atoms with Crippen molar-refractivity contribution in [2.24, 2.45) is 0 Å². The Morgan fingerprint density at radius 3 is 2.89 bits per heavy atom. The van der Waals surface area contributed by atoms with E-state index in [1.54, 1.807) is 11.3 Å². The Morgan fingerprint density at radius 1 is 1.46 bits per heavy atom. The van der Waals surface area contributed by atoms with Gasteiger partial charge in [0.05, 0.1) is 11.3 Å². The van der Waals surface area contributed by atoms with Gasteiger partial charge in [0.1, 0.15) is 5.76 Å². The summed E-state index contributed by atoms with van der Waals surface area (Å²) in [5.74, 6) is 1.07. The Morgan fingerprint density at radius 2 is 2.25 bits per heavy atom. The summed E-state index contributed by atoms with van der Waals surface area (Å²) in [7, 11) is 0. The summed E-state index contributed by atoms with van der Waals surface area (Å²) in [4.78, 5) is 19.0. The summed E-state index contributed by atoms with van der Waals surface area (Å²) >= 11 is 1.72. The molecule has 0 bridgehead atoms. The van der Waals surface area contributed by atoms with E-state index >= 15 is 0 Å². The van der Waals surface area contributed by atoms with Gasteiger partial charge in [-0.15, -0.1) is 11.3 Å². The van der Waals surface area contributed by atoms with Crippen LogP contribution in [0, 0.1) is 13.8 Å². The molecule has 2 aromatic rings. The van der Waals surface area contributed by atoms with Crippen molar-refractivity contribution in [2.75, 3.05) is 13.1 Å². The first kappa shape index (κ1) is 20.8. The van der Waals surface area contributed by atoms with Crippen LogP contribution in [0.1, 0.15) is 65.0 Å². The van der Waals surface area contributed by atoms with E-state index in [0.717, 1.165) is 49.5 Å². The van der Waals surface area contributed by atoms with Crippen LogP contribution in [0.2, 0.25) is 0 Å². The smallest absolute Gasteiger partial charge is 0.255 e. The molecule has 0 fully saturated rings. The number of nitrogens with zero attached hydrogens (tertiary/aromatic N) is 3. The maximum Gasteiger partial charge on any atom is 0.255 e. The van der Waals surface area contributed by atoms with Crippen molar-refractivity contribution in [2.45, 2.75) is 66.6 Å². The van der Waals surface area contributed by atoms with E-state index in [9.17, 15) is 4.79 Å². The highest BCUT2D eigenvalue weighted by Crippen LogP contribution is 2.31. The van der Waals surface area contributed by atoms with Gasteiger partial charge in [0, 0.05) is 48.0 Å². The van der Waals surface area contributed by atoms with Gasteiger partial charge < -0.3 is 9.42 Å². The van der Waals surface area contributed by atoms with Gasteiger partial charge in [0.25, 0.3) is 5.91 Å². The Balaban J connectivity index is 1.76. The minimum absolute atomic E-state index is 0.170. The number of carbonyl (C=O) groups excluding carboxylic acids is 1. The first-order valence-electron chi connectivity index (χ1n) is 10.1. The molecule has 1 atom stereocenters. The second-order valence-electron chi connectivity index (χ2n) is 7.60. The number of rotatable bonds is 7. The molecule has 0 aromatic carbocycles. The van der Waals surface area contributed by atoms with Gasteiger partial charge in [-0.1, -0.05) is 24.2 Å². The number of amides is 1. The third-order valence-corrected chi connectivity index (χ3v) is 6.75. The van der Waals surface area contributed by atoms with E-state index in [0.29, 0.717) is 6.54 Å². The standard InChI is InChI=1S/C22H31N3O2S/c1-6-8-10-25(15(3)7-2)22(26)20-14-28-21-13-24(11-9-18(20)21)12-19-16(4)23-27-17(19)5/h6,8,14-15H,7,9-13H2,1-5H3/b8-6+. The average Bonchev–Trinajstić information content (AvgIpc) is 3.25. The van der Waals surface area contributed by atoms with E-state index in [1.807, 2.05) is 31.7 Å². The molecule has 3 heterocycles. The third kappa shape index (κ3) is 4.23. The van der Waals surface area contributed by atoms with E-state index in [2.05, 4.69) is 35.4 Å². The summed E-state index contributed by atoms with van der Waals surface area (Å²) in [6.07, 6.45) is 5.95. The molecule has 1 aliphatic heterocycles. The van der Waals surface area contributed by atoms with Crippen molar-refractivity contribution < 1.29 is 9.32 Å². The zero-order valence-corrected chi connectivity index (χ0v) is 18.4. The van der Waals surface area contributed by atoms with Gasteiger partial charge in [-0.3, -0.25) is 9.69 Å². The highest BCUT2D eigenvalue weighted by molar-refractivity contribution is 7.10. The molecular weight excluding hydrogens is 370 g/mol. The average molecular weight is 402 g/mol. The zero-order chi connectivity index (χ0) is 20.3. The number of aryl methyl sites for hydroxylation is 2. The third-order valence-electron chi connectivity index (χ3n) is 5.74. The van der Waals surface area contributed by atoms with Crippen LogP contribution in [0.25, 0.3) is 0 Å². The summed E-state index contributed by atoms with van der Waals surface area (Å²) in [6, 6.07) is 0.235. The lowest BCUT2D eigenvalue weighted by Gasteiger charge is -2.30. The van der Waals surface area contributed by atoms with Crippen LogP contribution >= 0.6 is 11.3 Å². The van der Waals surface area contributed by atoms with Gasteiger partial charge in [-0.05, 0) is 46.1 Å². The van der Waals surface area contributed by atoms with Crippen molar-refractivity contribution in [1.29, 1.82) is 0 Å². The number of aromatic nitrogens is 1. The molecule has 0 aliphatic carbocycles. The summed E-state index contributed by atoms with van der Waals surface area (Å²) < 4.78 is 5.30. The van der Waals surface area contributed by atoms with Crippen LogP contribution in [0.15, 0.2) is 22.1 Å². The summed E-state index contributed by atoms with van der Waals surface area (Å²) in [5.41, 5.74) is 4.31. The summed E-state index contributed by atoms with van der Waals surface area (Å²) in [6.45, 7) is 13.6. The fourth-order valence-electron chi connectivity index (χ4n) is 3.70. The van der Waals surface area contributed by atoms with Crippen LogP contribution in [0.5, 0.6) is 0 Å². The van der Waals surface area contributed by atoms with Gasteiger partial charge in [-0.2, -0.15) is 0 Å². The second-order valence-corrected chi connectivity index (χ2v) is 8.56. The van der Waals surface area contributed by atoms with Crippen molar-refractivity contribution in [1.82, 2.24) is 15.0 Å². The minimum Gasteiger partial charge on any atom is -0.361 e. The van der Waals surface area contributed by atoms with Crippen molar-refractivity contribution in [3.63, 3.8) is 0 Å². The first-order valence-corrected chi connectivity index (χ1v) is 11.0. The SMILES string of the molecule is C/C=C/CN(C(=O)c1csc2c1CCN(Cc1c(C)noc1C)C2)C(C)CC. The molecule has 28 heavy (non-hydrogen) atoms. The molecule has 0 saturated heterocycles. The van der Waals surface area contributed by atoms with E-state index < -0.39 is 0 Å². The molecule has 6 heteroatoms. The molecule has 0 N–H and O–H groups in total. The van der Waals surface area contributed by atoms with Crippen molar-refractivity contribution in [3.05, 3.63) is 50.6 Å². The van der Waals surface area contributed by atoms with Crippen LogP contribution < -0.4 is 0 Å². The summed E-state index contributed by atoms with van der Waals surface area (Å²) in [5, 5.41) is 6.13. The predicted octanol–water partition coefficient (Wildman–Crippen LogP) is 4.73. The lowest BCUT2D eigenvalue weighted by Crippen LogP contribution is -2.39. The fraction of sp³-hybridized carbons (Fsp3) is 0.545. The van der Waals surface area contributed by atoms with Gasteiger partial charge in [0.2, 0.25) is 0 Å².